The van der Waals surface area contributed by atoms with E-state index in [1.807, 2.05) is 25.5 Å². The Labute approximate surface area is 114 Å². The quantitative estimate of drug-likeness (QED) is 0.865. The van der Waals surface area contributed by atoms with Gasteiger partial charge in [0, 0.05) is 31.6 Å². The van der Waals surface area contributed by atoms with Gasteiger partial charge in [0.1, 0.15) is 5.82 Å². The number of hydrogen-bond acceptors (Lipinski definition) is 3. The molecule has 102 valence electrons. The van der Waals surface area contributed by atoms with E-state index in [1.54, 1.807) is 0 Å². The molecule has 1 N–H and O–H groups in total. The Hall–Kier alpha value is -1.68. The maximum Gasteiger partial charge on any atom is 0.110 e. The van der Waals surface area contributed by atoms with E-state index in [9.17, 15) is 0 Å². The highest BCUT2D eigenvalue weighted by molar-refractivity contribution is 5.18. The molecule has 0 radical (unpaired) electrons. The Morgan fingerprint density at radius 1 is 1.32 bits per heavy atom. The molecule has 0 aliphatic rings. The zero-order valence-electron chi connectivity index (χ0n) is 11.9. The summed E-state index contributed by atoms with van der Waals surface area (Å²) >= 11 is 0. The minimum Gasteiger partial charge on any atom is -0.335 e. The van der Waals surface area contributed by atoms with Crippen LogP contribution in [0.5, 0.6) is 0 Å². The van der Waals surface area contributed by atoms with Crippen molar-refractivity contribution < 1.29 is 0 Å². The zero-order chi connectivity index (χ0) is 13.7. The van der Waals surface area contributed by atoms with Crippen LogP contribution in [0.2, 0.25) is 0 Å². The number of pyridine rings is 1. The van der Waals surface area contributed by atoms with Gasteiger partial charge in [0.15, 0.2) is 0 Å². The van der Waals surface area contributed by atoms with Crippen molar-refractivity contribution in [3.63, 3.8) is 0 Å². The first-order valence-corrected chi connectivity index (χ1v) is 6.84. The highest BCUT2D eigenvalue weighted by Gasteiger charge is 2.14. The molecule has 2 rings (SSSR count). The molecule has 2 heterocycles. The lowest BCUT2D eigenvalue weighted by molar-refractivity contribution is 0.532. The molecule has 2 aromatic rings. The third kappa shape index (κ3) is 3.41. The van der Waals surface area contributed by atoms with E-state index < -0.39 is 0 Å². The maximum absolute atomic E-state index is 4.47. The maximum atomic E-state index is 4.47. The summed E-state index contributed by atoms with van der Waals surface area (Å²) in [6.07, 6.45) is 7.78. The fourth-order valence-corrected chi connectivity index (χ4v) is 2.26. The van der Waals surface area contributed by atoms with Crippen molar-refractivity contribution in [3.05, 3.63) is 47.8 Å². The summed E-state index contributed by atoms with van der Waals surface area (Å²) in [5, 5.41) is 3.34. The van der Waals surface area contributed by atoms with Gasteiger partial charge in [0.05, 0.1) is 11.7 Å². The largest absolute Gasteiger partial charge is 0.335 e. The van der Waals surface area contributed by atoms with Crippen LogP contribution in [0, 0.1) is 6.92 Å². The third-order valence-electron chi connectivity index (χ3n) is 3.29. The van der Waals surface area contributed by atoms with Crippen LogP contribution in [0.3, 0.4) is 0 Å². The average Bonchev–Trinajstić information content (AvgIpc) is 2.84. The first-order chi connectivity index (χ1) is 9.24. The molecule has 0 bridgehead atoms. The van der Waals surface area contributed by atoms with Crippen LogP contribution in [0.1, 0.15) is 36.5 Å². The molecule has 0 saturated heterocycles. The first-order valence-electron chi connectivity index (χ1n) is 6.84. The monoisotopic (exact) mass is 258 g/mol. The Morgan fingerprint density at radius 2 is 2.16 bits per heavy atom. The Bertz CT molecular complexity index is 518. The van der Waals surface area contributed by atoms with E-state index in [0.29, 0.717) is 0 Å². The number of nitrogens with one attached hydrogen (secondary N) is 1. The number of nitrogens with zero attached hydrogens (tertiary/aromatic N) is 3. The van der Waals surface area contributed by atoms with Gasteiger partial charge in [-0.3, -0.25) is 4.98 Å². The molecule has 0 aliphatic carbocycles. The molecule has 0 aliphatic heterocycles. The van der Waals surface area contributed by atoms with Gasteiger partial charge in [0.2, 0.25) is 0 Å². The van der Waals surface area contributed by atoms with Crippen molar-refractivity contribution in [2.75, 3.05) is 7.05 Å². The Kier molecular flexibility index (Phi) is 4.68. The molecule has 0 amide bonds. The highest BCUT2D eigenvalue weighted by Crippen LogP contribution is 2.16. The molecular weight excluding hydrogens is 236 g/mol. The fourth-order valence-electron chi connectivity index (χ4n) is 2.26. The minimum atomic E-state index is 0.206. The van der Waals surface area contributed by atoms with Crippen molar-refractivity contribution in [2.45, 2.75) is 39.3 Å². The van der Waals surface area contributed by atoms with Crippen LogP contribution in [0.25, 0.3) is 0 Å². The van der Waals surface area contributed by atoms with Gasteiger partial charge in [-0.15, -0.1) is 0 Å². The molecule has 2 aromatic heterocycles. The summed E-state index contributed by atoms with van der Waals surface area (Å²) in [6, 6.07) is 4.36. The lowest BCUT2D eigenvalue weighted by atomic mass is 10.1. The summed E-state index contributed by atoms with van der Waals surface area (Å²) in [5.74, 6) is 1.12. The molecular formula is C15H22N4. The SMILES string of the molecule is CCCn1ccnc1CC(NC)c1cc(C)ccn1. The van der Waals surface area contributed by atoms with Crippen LogP contribution in [-0.2, 0) is 13.0 Å². The first kappa shape index (κ1) is 13.7. The average molecular weight is 258 g/mol. The van der Waals surface area contributed by atoms with E-state index in [0.717, 1.165) is 30.9 Å². The van der Waals surface area contributed by atoms with Gasteiger partial charge >= 0.3 is 0 Å². The molecule has 19 heavy (non-hydrogen) atoms. The summed E-state index contributed by atoms with van der Waals surface area (Å²) in [7, 11) is 1.97. The molecule has 1 unspecified atom stereocenters. The Balaban J connectivity index is 2.17. The van der Waals surface area contributed by atoms with Crippen molar-refractivity contribution in [1.82, 2.24) is 19.9 Å². The van der Waals surface area contributed by atoms with Gasteiger partial charge in [0.25, 0.3) is 0 Å². The molecule has 0 fully saturated rings. The number of likely N-dealkylation sites (N-methyl/N-ethyl adjacent to an activating group) is 1. The number of imidazole rings is 1. The van der Waals surface area contributed by atoms with Gasteiger partial charge in [-0.05, 0) is 38.1 Å². The summed E-state index contributed by atoms with van der Waals surface area (Å²) in [6.45, 7) is 5.30. The van der Waals surface area contributed by atoms with Crippen molar-refractivity contribution in [2.24, 2.45) is 0 Å². The lowest BCUT2D eigenvalue weighted by Crippen LogP contribution is -2.22. The lowest BCUT2D eigenvalue weighted by Gasteiger charge is -2.16. The smallest absolute Gasteiger partial charge is 0.110 e. The fraction of sp³-hybridized carbons (Fsp3) is 0.467. The predicted molar refractivity (Wildman–Crippen MR) is 77.0 cm³/mol. The second-order valence-electron chi connectivity index (χ2n) is 4.84. The zero-order valence-corrected chi connectivity index (χ0v) is 11.9. The normalized spacial score (nSPS) is 12.6. The van der Waals surface area contributed by atoms with E-state index in [4.69, 9.17) is 0 Å². The van der Waals surface area contributed by atoms with Gasteiger partial charge in [-0.25, -0.2) is 4.98 Å². The van der Waals surface area contributed by atoms with Crippen LogP contribution in [0.4, 0.5) is 0 Å². The third-order valence-corrected chi connectivity index (χ3v) is 3.29. The minimum absolute atomic E-state index is 0.206. The molecule has 0 saturated carbocycles. The van der Waals surface area contributed by atoms with Crippen LogP contribution >= 0.6 is 0 Å². The second-order valence-corrected chi connectivity index (χ2v) is 4.84. The topological polar surface area (TPSA) is 42.7 Å². The molecule has 4 nitrogen and oxygen atoms in total. The molecule has 4 heteroatoms. The standard InChI is InChI=1S/C15H22N4/c1-4-8-19-9-7-18-15(19)11-13(16-3)14-10-12(2)5-6-17-14/h5-7,9-10,13,16H,4,8,11H2,1-3H3. The van der Waals surface area contributed by atoms with Gasteiger partial charge in [-0.2, -0.15) is 0 Å². The summed E-state index contributed by atoms with van der Waals surface area (Å²) in [5.41, 5.74) is 2.32. The van der Waals surface area contributed by atoms with Crippen LogP contribution in [0.15, 0.2) is 30.7 Å². The van der Waals surface area contributed by atoms with Crippen LogP contribution < -0.4 is 5.32 Å². The molecule has 1 atom stereocenters. The van der Waals surface area contributed by atoms with E-state index in [-0.39, 0.29) is 6.04 Å². The molecule has 0 aromatic carbocycles. The van der Waals surface area contributed by atoms with Crippen molar-refractivity contribution in [1.29, 1.82) is 0 Å². The van der Waals surface area contributed by atoms with E-state index in [2.05, 4.69) is 46.0 Å². The number of aryl methyl sites for hydroxylation is 2. The van der Waals surface area contributed by atoms with Crippen molar-refractivity contribution in [3.8, 4) is 0 Å². The molecule has 0 spiro atoms. The summed E-state index contributed by atoms with van der Waals surface area (Å²) in [4.78, 5) is 8.93. The number of rotatable bonds is 6. The van der Waals surface area contributed by atoms with Gasteiger partial charge in [-0.1, -0.05) is 6.92 Å². The van der Waals surface area contributed by atoms with Crippen LogP contribution in [-0.4, -0.2) is 21.6 Å². The second kappa shape index (κ2) is 6.48. The van der Waals surface area contributed by atoms with E-state index in [1.165, 1.54) is 5.56 Å². The predicted octanol–water partition coefficient (Wildman–Crippen LogP) is 2.50. The number of aromatic nitrogens is 3. The Morgan fingerprint density at radius 3 is 2.84 bits per heavy atom. The van der Waals surface area contributed by atoms with E-state index >= 15 is 0 Å². The van der Waals surface area contributed by atoms with Gasteiger partial charge < -0.3 is 9.88 Å². The number of hydrogen-bond donors (Lipinski definition) is 1. The van der Waals surface area contributed by atoms with Crippen molar-refractivity contribution >= 4 is 0 Å². The summed E-state index contributed by atoms with van der Waals surface area (Å²) < 4.78 is 2.22. The highest BCUT2D eigenvalue weighted by atomic mass is 15.1.